The van der Waals surface area contributed by atoms with Crippen molar-refractivity contribution in [3.63, 3.8) is 0 Å². The second-order valence-corrected chi connectivity index (χ2v) is 5.73. The third-order valence-electron chi connectivity index (χ3n) is 3.88. The van der Waals surface area contributed by atoms with Crippen LogP contribution in [0.25, 0.3) is 5.57 Å². The molecule has 2 aromatic rings. The van der Waals surface area contributed by atoms with E-state index in [2.05, 4.69) is 31.3 Å². The van der Waals surface area contributed by atoms with E-state index in [0.717, 1.165) is 16.8 Å². The maximum absolute atomic E-state index is 12.0. The summed E-state index contributed by atoms with van der Waals surface area (Å²) in [5.74, 6) is 0.222. The minimum Gasteiger partial charge on any atom is -0.360 e. The Morgan fingerprint density at radius 1 is 1.48 bits per heavy atom. The standard InChI is InChI=1S/C15H15N7O/c1-15(2)12-5-11(4-3-9(12)7-18-14(15)23)17-8-10(6-16)13-19-21-22-20-13/h3-5,8,17H,7H2,1-2H3,(H,18,23)(H,19,20,21,22). The number of nitrogens with one attached hydrogen (secondary N) is 3. The molecule has 3 N–H and O–H groups in total. The molecule has 0 radical (unpaired) electrons. The molecule has 1 aromatic carbocycles. The fraction of sp³-hybridized carbons (Fsp3) is 0.267. The zero-order valence-corrected chi connectivity index (χ0v) is 12.7. The van der Waals surface area contributed by atoms with E-state index in [1.54, 1.807) is 0 Å². The number of rotatable bonds is 3. The molecule has 0 aliphatic carbocycles. The van der Waals surface area contributed by atoms with E-state index in [1.807, 2.05) is 38.1 Å². The molecule has 0 unspecified atom stereocenters. The molecule has 8 heteroatoms. The van der Waals surface area contributed by atoms with Crippen LogP contribution in [0.2, 0.25) is 0 Å². The highest BCUT2D eigenvalue weighted by atomic mass is 16.2. The molecule has 1 amide bonds. The number of aromatic amines is 1. The van der Waals surface area contributed by atoms with Gasteiger partial charge in [-0.05, 0) is 42.3 Å². The fourth-order valence-electron chi connectivity index (χ4n) is 2.50. The van der Waals surface area contributed by atoms with Crippen LogP contribution in [-0.2, 0) is 16.8 Å². The van der Waals surface area contributed by atoms with Gasteiger partial charge >= 0.3 is 0 Å². The summed E-state index contributed by atoms with van der Waals surface area (Å²) >= 11 is 0. The summed E-state index contributed by atoms with van der Waals surface area (Å²) in [5.41, 5.74) is 2.50. The van der Waals surface area contributed by atoms with E-state index in [4.69, 9.17) is 5.26 Å². The van der Waals surface area contributed by atoms with Gasteiger partial charge in [0.15, 0.2) is 0 Å². The maximum atomic E-state index is 12.0. The Hall–Kier alpha value is -3.21. The number of carbonyl (C=O) groups is 1. The maximum Gasteiger partial charge on any atom is 0.230 e. The van der Waals surface area contributed by atoms with Crippen molar-refractivity contribution in [1.29, 1.82) is 5.26 Å². The molecule has 0 saturated heterocycles. The van der Waals surface area contributed by atoms with Gasteiger partial charge in [-0.3, -0.25) is 4.79 Å². The highest BCUT2D eigenvalue weighted by Gasteiger charge is 2.35. The molecule has 3 rings (SSSR count). The molecule has 1 aliphatic heterocycles. The molecule has 8 nitrogen and oxygen atoms in total. The van der Waals surface area contributed by atoms with Crippen LogP contribution >= 0.6 is 0 Å². The van der Waals surface area contributed by atoms with Gasteiger partial charge in [0.05, 0.1) is 5.41 Å². The molecular weight excluding hydrogens is 294 g/mol. The summed E-state index contributed by atoms with van der Waals surface area (Å²) in [4.78, 5) is 12.0. The van der Waals surface area contributed by atoms with Crippen LogP contribution in [0.3, 0.4) is 0 Å². The highest BCUT2D eigenvalue weighted by molar-refractivity contribution is 5.89. The minimum atomic E-state index is -0.597. The van der Waals surface area contributed by atoms with Gasteiger partial charge in [-0.1, -0.05) is 6.07 Å². The van der Waals surface area contributed by atoms with E-state index in [0.29, 0.717) is 6.54 Å². The summed E-state index contributed by atoms with van der Waals surface area (Å²) in [6, 6.07) is 7.80. The average molecular weight is 309 g/mol. The van der Waals surface area contributed by atoms with Crippen LogP contribution in [0.1, 0.15) is 30.8 Å². The predicted molar refractivity (Wildman–Crippen MR) is 82.7 cm³/mol. The zero-order chi connectivity index (χ0) is 16.4. The molecule has 116 valence electrons. The van der Waals surface area contributed by atoms with Gasteiger partial charge in [-0.25, -0.2) is 0 Å². The number of hydrogen-bond donors (Lipinski definition) is 3. The van der Waals surface area contributed by atoms with E-state index in [9.17, 15) is 4.79 Å². The minimum absolute atomic E-state index is 0.00204. The Bertz CT molecular complexity index is 815. The Morgan fingerprint density at radius 3 is 3.00 bits per heavy atom. The number of aromatic nitrogens is 4. The Morgan fingerprint density at radius 2 is 2.30 bits per heavy atom. The lowest BCUT2D eigenvalue weighted by Crippen LogP contribution is -2.44. The van der Waals surface area contributed by atoms with Crippen LogP contribution in [0.5, 0.6) is 0 Å². The number of nitriles is 1. The van der Waals surface area contributed by atoms with E-state index in [1.165, 1.54) is 6.20 Å². The summed E-state index contributed by atoms with van der Waals surface area (Å²) in [7, 11) is 0. The number of H-pyrrole nitrogens is 1. The van der Waals surface area contributed by atoms with Gasteiger partial charge < -0.3 is 10.6 Å². The van der Waals surface area contributed by atoms with E-state index < -0.39 is 5.41 Å². The van der Waals surface area contributed by atoms with Crippen LogP contribution in [0.4, 0.5) is 5.69 Å². The van der Waals surface area contributed by atoms with Gasteiger partial charge in [-0.15, -0.1) is 10.2 Å². The van der Waals surface area contributed by atoms with E-state index >= 15 is 0 Å². The first-order valence-electron chi connectivity index (χ1n) is 7.04. The Labute approximate surface area is 132 Å². The molecule has 2 heterocycles. The Balaban J connectivity index is 1.90. The van der Waals surface area contributed by atoms with Crippen molar-refractivity contribution in [2.75, 3.05) is 5.32 Å². The lowest BCUT2D eigenvalue weighted by atomic mass is 9.78. The van der Waals surface area contributed by atoms with Crippen LogP contribution in [0, 0.1) is 11.3 Å². The molecule has 0 atom stereocenters. The van der Waals surface area contributed by atoms with Gasteiger partial charge in [0, 0.05) is 18.4 Å². The van der Waals surface area contributed by atoms with Crippen LogP contribution in [-0.4, -0.2) is 26.5 Å². The first-order valence-corrected chi connectivity index (χ1v) is 7.04. The van der Waals surface area contributed by atoms with Crippen molar-refractivity contribution in [3.05, 3.63) is 41.4 Å². The number of anilines is 1. The third-order valence-corrected chi connectivity index (χ3v) is 3.88. The van der Waals surface area contributed by atoms with Gasteiger partial charge in [0.1, 0.15) is 11.6 Å². The zero-order valence-electron chi connectivity index (χ0n) is 12.7. The molecule has 0 spiro atoms. The van der Waals surface area contributed by atoms with Crippen LogP contribution in [0.15, 0.2) is 24.4 Å². The topological polar surface area (TPSA) is 119 Å². The number of hydrogen-bond acceptors (Lipinski definition) is 6. The molecule has 0 fully saturated rings. The van der Waals surface area contributed by atoms with Gasteiger partial charge in [0.2, 0.25) is 11.7 Å². The number of fused-ring (bicyclic) bond motifs is 1. The largest absolute Gasteiger partial charge is 0.360 e. The SMILES string of the molecule is CC1(C)C(=O)NCc2ccc(NC=C(C#N)c3nn[nH]n3)cc21. The number of carbonyl (C=O) groups excluding carboxylic acids is 1. The normalized spacial score (nSPS) is 16.2. The number of amides is 1. The first-order chi connectivity index (χ1) is 11.0. The summed E-state index contributed by atoms with van der Waals surface area (Å²) in [6.45, 7) is 4.31. The van der Waals surface area contributed by atoms with Crippen molar-refractivity contribution in [2.24, 2.45) is 0 Å². The lowest BCUT2D eigenvalue weighted by molar-refractivity contribution is -0.126. The Kier molecular flexibility index (Phi) is 3.54. The first kappa shape index (κ1) is 14.7. The predicted octanol–water partition coefficient (Wildman–Crippen LogP) is 1.08. The quantitative estimate of drug-likeness (QED) is 0.730. The molecular formula is C15H15N7O. The molecule has 1 aromatic heterocycles. The highest BCUT2D eigenvalue weighted by Crippen LogP contribution is 2.32. The number of tetrazole rings is 1. The number of allylic oxidation sites excluding steroid dienone is 1. The van der Waals surface area contributed by atoms with Gasteiger partial charge in [0.25, 0.3) is 0 Å². The van der Waals surface area contributed by atoms with Crippen molar-refractivity contribution in [3.8, 4) is 6.07 Å². The number of benzene rings is 1. The smallest absolute Gasteiger partial charge is 0.230 e. The van der Waals surface area contributed by atoms with Crippen molar-refractivity contribution >= 4 is 17.2 Å². The second-order valence-electron chi connectivity index (χ2n) is 5.73. The van der Waals surface area contributed by atoms with Crippen molar-refractivity contribution in [2.45, 2.75) is 25.8 Å². The fourth-order valence-corrected chi connectivity index (χ4v) is 2.50. The summed E-state index contributed by atoms with van der Waals surface area (Å²) < 4.78 is 0. The van der Waals surface area contributed by atoms with E-state index in [-0.39, 0.29) is 17.3 Å². The van der Waals surface area contributed by atoms with Gasteiger partial charge in [-0.2, -0.15) is 10.5 Å². The third kappa shape index (κ3) is 2.64. The number of nitrogens with zero attached hydrogens (tertiary/aromatic N) is 4. The van der Waals surface area contributed by atoms with Crippen molar-refractivity contribution < 1.29 is 4.79 Å². The molecule has 1 aliphatic rings. The van der Waals surface area contributed by atoms with Crippen LogP contribution < -0.4 is 10.6 Å². The second kappa shape index (κ2) is 5.53. The molecule has 0 saturated carbocycles. The monoisotopic (exact) mass is 309 g/mol. The summed E-state index contributed by atoms with van der Waals surface area (Å²) in [5, 5.41) is 28.4. The lowest BCUT2D eigenvalue weighted by Gasteiger charge is -2.32. The average Bonchev–Trinajstić information content (AvgIpc) is 3.07. The molecule has 0 bridgehead atoms. The summed E-state index contributed by atoms with van der Waals surface area (Å²) in [6.07, 6.45) is 1.52. The van der Waals surface area contributed by atoms with Crippen molar-refractivity contribution in [1.82, 2.24) is 25.9 Å². The molecule has 23 heavy (non-hydrogen) atoms.